The molecule has 2 aromatic rings. The van der Waals surface area contributed by atoms with Crippen LogP contribution in [-0.2, 0) is 10.1 Å². The number of nitrogens with zero attached hydrogens (tertiary/aromatic N) is 2. The monoisotopic (exact) mass is 258 g/mol. The summed E-state index contributed by atoms with van der Waals surface area (Å²) in [4.78, 5) is -0.322. The van der Waals surface area contributed by atoms with Crippen LogP contribution in [-0.4, -0.2) is 22.6 Å². The van der Waals surface area contributed by atoms with Gasteiger partial charge in [0, 0.05) is 0 Å². The third kappa shape index (κ3) is 2.33. The van der Waals surface area contributed by atoms with Crippen molar-refractivity contribution in [1.29, 1.82) is 0 Å². The zero-order chi connectivity index (χ0) is 10.3. The second-order valence-corrected chi connectivity index (χ2v) is 5.00. The smallest absolute Gasteiger partial charge is 1.00 e. The number of aromatic nitrogens is 2. The molecule has 0 fully saturated rings. The first-order valence-electron chi connectivity index (χ1n) is 3.38. The maximum absolute atomic E-state index is 10.9. The summed E-state index contributed by atoms with van der Waals surface area (Å²) in [7, 11) is -4.28. The van der Waals surface area contributed by atoms with Gasteiger partial charge in [0.1, 0.15) is 10.4 Å². The minimum Gasteiger partial charge on any atom is -1.00 e. The molecule has 15 heavy (non-hydrogen) atoms. The molecule has 0 saturated carbocycles. The van der Waals surface area contributed by atoms with Crippen molar-refractivity contribution in [3.05, 3.63) is 17.2 Å². The summed E-state index contributed by atoms with van der Waals surface area (Å²) < 4.78 is 34.6. The number of fused-ring (bicyclic) bond motifs is 1. The van der Waals surface area contributed by atoms with Gasteiger partial charge in [-0.15, -0.1) is 5.10 Å². The van der Waals surface area contributed by atoms with E-state index < -0.39 is 10.1 Å². The molecule has 76 valence electrons. The van der Waals surface area contributed by atoms with Crippen molar-refractivity contribution in [3.8, 4) is 0 Å². The third-order valence-corrected chi connectivity index (χ3v) is 3.87. The molecule has 1 N–H and O–H groups in total. The van der Waals surface area contributed by atoms with E-state index in [0.717, 1.165) is 11.5 Å². The first-order valence-corrected chi connectivity index (χ1v) is 5.97. The summed E-state index contributed by atoms with van der Waals surface area (Å²) in [5.74, 6) is 0. The second-order valence-electron chi connectivity index (χ2n) is 2.47. The fraction of sp³-hybridized carbons (Fsp3) is 0. The number of hydrogen-bond donors (Lipinski definition) is 1. The zero-order valence-corrected chi connectivity index (χ0v) is 9.90. The molecule has 2 rings (SSSR count). The topological polar surface area (TPSA) is 80.2 Å². The summed E-state index contributed by atoms with van der Waals surface area (Å²) in [5, 5.41) is 3.67. The van der Waals surface area contributed by atoms with Gasteiger partial charge in [-0.05, 0) is 23.7 Å². The fourth-order valence-corrected chi connectivity index (χ4v) is 2.79. The van der Waals surface area contributed by atoms with Gasteiger partial charge in [-0.3, -0.25) is 4.55 Å². The number of hydrogen-bond acceptors (Lipinski definition) is 5. The van der Waals surface area contributed by atoms with Crippen molar-refractivity contribution < 1.29 is 33.3 Å². The molecule has 0 amide bonds. The van der Waals surface area contributed by atoms with Gasteiger partial charge in [0.15, 0.2) is 0 Å². The van der Waals surface area contributed by atoms with Gasteiger partial charge in [-0.25, -0.2) is 0 Å². The zero-order valence-electron chi connectivity index (χ0n) is 8.51. The quantitative estimate of drug-likeness (QED) is 0.508. The summed E-state index contributed by atoms with van der Waals surface area (Å²) in [6.07, 6.45) is 0. The van der Waals surface area contributed by atoms with Crippen molar-refractivity contribution in [2.75, 3.05) is 0 Å². The van der Waals surface area contributed by atoms with Gasteiger partial charge in [0.25, 0.3) is 10.1 Å². The van der Waals surface area contributed by atoms with E-state index in [-0.39, 0.29) is 30.2 Å². The molecule has 1 aromatic carbocycles. The summed E-state index contributed by atoms with van der Waals surface area (Å²) in [6.45, 7) is 0. The van der Waals surface area contributed by atoms with E-state index in [1.807, 2.05) is 0 Å². The molecule has 0 aliphatic carbocycles. The number of rotatable bonds is 1. The predicted octanol–water partition coefficient (Wildman–Crippen LogP) is -1.29. The van der Waals surface area contributed by atoms with Gasteiger partial charge < -0.3 is 1.43 Å². The molecule has 0 saturated heterocycles. The maximum Gasteiger partial charge on any atom is 1.00 e. The molecule has 0 bridgehead atoms. The molecule has 0 unspecified atom stereocenters. The molecular formula is C6H4ClLiN2O3S2. The molecular weight excluding hydrogens is 255 g/mol. The van der Waals surface area contributed by atoms with Crippen molar-refractivity contribution in [3.63, 3.8) is 0 Å². The van der Waals surface area contributed by atoms with E-state index in [4.69, 9.17) is 16.2 Å². The van der Waals surface area contributed by atoms with Crippen LogP contribution in [0.15, 0.2) is 17.0 Å². The third-order valence-electron chi connectivity index (χ3n) is 1.60. The van der Waals surface area contributed by atoms with Crippen molar-refractivity contribution >= 4 is 43.5 Å². The van der Waals surface area contributed by atoms with Crippen LogP contribution >= 0.6 is 23.1 Å². The summed E-state index contributed by atoms with van der Waals surface area (Å²) >= 11 is 6.73. The minimum absolute atomic E-state index is 0. The Morgan fingerprint density at radius 3 is 2.73 bits per heavy atom. The molecule has 5 nitrogen and oxygen atoms in total. The van der Waals surface area contributed by atoms with Crippen LogP contribution in [0.2, 0.25) is 5.02 Å². The molecule has 0 radical (unpaired) electrons. The van der Waals surface area contributed by atoms with E-state index in [0.29, 0.717) is 10.2 Å². The standard InChI is InChI=1S/C6H3ClN2O3S2.Li.H/c7-5-4(14(10,11)12)2-1-3-6(5)13-9-8-3;;/h1-2H,(H,10,11,12);;/q;+1;-1. The first-order chi connectivity index (χ1) is 6.50. The van der Waals surface area contributed by atoms with Crippen molar-refractivity contribution in [2.45, 2.75) is 4.90 Å². The Hall–Kier alpha value is -0.163. The maximum atomic E-state index is 10.9. The average molecular weight is 259 g/mol. The van der Waals surface area contributed by atoms with E-state index >= 15 is 0 Å². The van der Waals surface area contributed by atoms with Crippen molar-refractivity contribution in [1.82, 2.24) is 9.59 Å². The van der Waals surface area contributed by atoms with Gasteiger partial charge in [0.2, 0.25) is 0 Å². The van der Waals surface area contributed by atoms with Gasteiger partial charge in [0.05, 0.1) is 9.72 Å². The minimum atomic E-state index is -4.28. The van der Waals surface area contributed by atoms with Crippen LogP contribution in [0.25, 0.3) is 10.2 Å². The van der Waals surface area contributed by atoms with E-state index in [1.165, 1.54) is 12.1 Å². The fourth-order valence-electron chi connectivity index (χ4n) is 0.998. The SMILES string of the molecule is O=S(=O)(O)c1ccc2nnsc2c1Cl.[H-].[Li+]. The van der Waals surface area contributed by atoms with Crippen LogP contribution in [0.5, 0.6) is 0 Å². The van der Waals surface area contributed by atoms with Crippen LogP contribution in [0.1, 0.15) is 1.43 Å². The van der Waals surface area contributed by atoms with Gasteiger partial charge >= 0.3 is 18.9 Å². The number of benzene rings is 1. The van der Waals surface area contributed by atoms with Crippen LogP contribution in [0.3, 0.4) is 0 Å². The Morgan fingerprint density at radius 2 is 2.13 bits per heavy atom. The molecule has 1 heterocycles. The van der Waals surface area contributed by atoms with Crippen LogP contribution < -0.4 is 18.9 Å². The van der Waals surface area contributed by atoms with Gasteiger partial charge in [-0.2, -0.15) is 8.42 Å². The molecule has 0 spiro atoms. The van der Waals surface area contributed by atoms with Crippen LogP contribution in [0, 0.1) is 0 Å². The van der Waals surface area contributed by atoms with Crippen molar-refractivity contribution in [2.24, 2.45) is 0 Å². The first kappa shape index (κ1) is 12.9. The Kier molecular flexibility index (Phi) is 3.76. The summed E-state index contributed by atoms with van der Waals surface area (Å²) in [5.41, 5.74) is 0.507. The van der Waals surface area contributed by atoms with E-state index in [2.05, 4.69) is 9.59 Å². The second kappa shape index (κ2) is 4.37. The van der Waals surface area contributed by atoms with E-state index in [9.17, 15) is 8.42 Å². The molecule has 0 aliphatic rings. The Labute approximate surface area is 108 Å². The Bertz CT molecular complexity index is 603. The largest absolute Gasteiger partial charge is 1.00 e. The van der Waals surface area contributed by atoms with E-state index in [1.54, 1.807) is 0 Å². The normalized spacial score (nSPS) is 11.3. The summed E-state index contributed by atoms with van der Waals surface area (Å²) in [6, 6.07) is 2.63. The Morgan fingerprint density at radius 1 is 1.47 bits per heavy atom. The predicted molar refractivity (Wildman–Crippen MR) is 53.4 cm³/mol. The molecule has 0 aliphatic heterocycles. The van der Waals surface area contributed by atoms with Gasteiger partial charge in [-0.1, -0.05) is 16.1 Å². The molecule has 9 heteroatoms. The molecule has 0 atom stereocenters. The molecule has 1 aromatic heterocycles. The average Bonchev–Trinajstić information content (AvgIpc) is 2.50. The Balaban J connectivity index is 0.00000112. The number of halogens is 1. The van der Waals surface area contributed by atoms with Crippen LogP contribution in [0.4, 0.5) is 0 Å².